The standard InChI is InChI=1S/C13H19F2NO/c1-9(17-3)6-12(16-2)7-10-4-5-11(14)8-13(10)15/h4-5,8-9,12,16H,6-7H2,1-3H3. The summed E-state index contributed by atoms with van der Waals surface area (Å²) < 4.78 is 31.4. The van der Waals surface area contributed by atoms with Gasteiger partial charge in [0.05, 0.1) is 6.10 Å². The Morgan fingerprint density at radius 1 is 1.35 bits per heavy atom. The molecule has 2 nitrogen and oxygen atoms in total. The number of methoxy groups -OCH3 is 1. The Labute approximate surface area is 101 Å². The molecule has 0 spiro atoms. The van der Waals surface area contributed by atoms with E-state index in [4.69, 9.17) is 4.74 Å². The van der Waals surface area contributed by atoms with E-state index in [2.05, 4.69) is 5.32 Å². The Bertz CT molecular complexity index is 357. The van der Waals surface area contributed by atoms with Gasteiger partial charge in [0.15, 0.2) is 0 Å². The van der Waals surface area contributed by atoms with Crippen molar-refractivity contribution in [2.24, 2.45) is 0 Å². The molecule has 0 bridgehead atoms. The van der Waals surface area contributed by atoms with Gasteiger partial charge in [0, 0.05) is 19.2 Å². The molecule has 0 heterocycles. The molecule has 17 heavy (non-hydrogen) atoms. The molecule has 1 rings (SSSR count). The molecule has 0 saturated heterocycles. The third kappa shape index (κ3) is 4.40. The molecule has 0 saturated carbocycles. The van der Waals surface area contributed by atoms with Gasteiger partial charge in [-0.25, -0.2) is 8.78 Å². The van der Waals surface area contributed by atoms with Crippen molar-refractivity contribution >= 4 is 0 Å². The SMILES string of the molecule is CNC(Cc1ccc(F)cc1F)CC(C)OC. The minimum Gasteiger partial charge on any atom is -0.382 e. The van der Waals surface area contributed by atoms with Crippen molar-refractivity contribution in [3.05, 3.63) is 35.4 Å². The summed E-state index contributed by atoms with van der Waals surface area (Å²) in [5.41, 5.74) is 0.522. The molecule has 4 heteroatoms. The smallest absolute Gasteiger partial charge is 0.129 e. The Hall–Kier alpha value is -1.00. The van der Waals surface area contributed by atoms with E-state index >= 15 is 0 Å². The molecule has 1 aromatic carbocycles. The summed E-state index contributed by atoms with van der Waals surface area (Å²) in [5, 5.41) is 3.12. The molecule has 2 unspecified atom stereocenters. The van der Waals surface area contributed by atoms with Crippen LogP contribution in [0.5, 0.6) is 0 Å². The second-order valence-corrected chi connectivity index (χ2v) is 4.21. The predicted octanol–water partition coefficient (Wildman–Crippen LogP) is 2.52. The molecule has 1 aromatic rings. The van der Waals surface area contributed by atoms with Gasteiger partial charge < -0.3 is 10.1 Å². The van der Waals surface area contributed by atoms with Crippen LogP contribution in [0.3, 0.4) is 0 Å². The lowest BCUT2D eigenvalue weighted by molar-refractivity contribution is 0.101. The summed E-state index contributed by atoms with van der Waals surface area (Å²) in [5.74, 6) is -1.03. The second kappa shape index (κ2) is 6.67. The quantitative estimate of drug-likeness (QED) is 0.829. The maximum Gasteiger partial charge on any atom is 0.129 e. The van der Waals surface area contributed by atoms with Gasteiger partial charge in [0.2, 0.25) is 0 Å². The van der Waals surface area contributed by atoms with E-state index in [9.17, 15) is 8.78 Å². The fourth-order valence-corrected chi connectivity index (χ4v) is 1.75. The average Bonchev–Trinajstić information content (AvgIpc) is 2.31. The summed E-state index contributed by atoms with van der Waals surface area (Å²) in [6, 6.07) is 3.81. The minimum atomic E-state index is -0.544. The van der Waals surface area contributed by atoms with E-state index in [0.29, 0.717) is 12.0 Å². The zero-order chi connectivity index (χ0) is 12.8. The monoisotopic (exact) mass is 243 g/mol. The van der Waals surface area contributed by atoms with Crippen molar-refractivity contribution in [3.8, 4) is 0 Å². The topological polar surface area (TPSA) is 21.3 Å². The lowest BCUT2D eigenvalue weighted by atomic mass is 10.0. The van der Waals surface area contributed by atoms with Crippen LogP contribution in [0.4, 0.5) is 8.78 Å². The lowest BCUT2D eigenvalue weighted by Crippen LogP contribution is -2.31. The van der Waals surface area contributed by atoms with E-state index in [1.807, 2.05) is 14.0 Å². The average molecular weight is 243 g/mol. The number of ether oxygens (including phenoxy) is 1. The third-order valence-corrected chi connectivity index (χ3v) is 2.91. The van der Waals surface area contributed by atoms with Gasteiger partial charge in [-0.1, -0.05) is 6.07 Å². The largest absolute Gasteiger partial charge is 0.382 e. The summed E-state index contributed by atoms with van der Waals surface area (Å²) >= 11 is 0. The molecule has 96 valence electrons. The third-order valence-electron chi connectivity index (χ3n) is 2.91. The summed E-state index contributed by atoms with van der Waals surface area (Å²) in [6.07, 6.45) is 1.41. The molecular formula is C13H19F2NO. The van der Waals surface area contributed by atoms with E-state index in [0.717, 1.165) is 12.5 Å². The molecule has 0 aromatic heterocycles. The van der Waals surface area contributed by atoms with Crippen LogP contribution in [0.25, 0.3) is 0 Å². The van der Waals surface area contributed by atoms with Crippen LogP contribution >= 0.6 is 0 Å². The van der Waals surface area contributed by atoms with Crippen molar-refractivity contribution in [2.45, 2.75) is 31.9 Å². The van der Waals surface area contributed by atoms with E-state index in [1.165, 1.54) is 12.1 Å². The summed E-state index contributed by atoms with van der Waals surface area (Å²) in [6.45, 7) is 1.96. The van der Waals surface area contributed by atoms with Gasteiger partial charge in [-0.05, 0) is 38.4 Å². The molecule has 1 N–H and O–H groups in total. The van der Waals surface area contributed by atoms with Crippen molar-refractivity contribution in [3.63, 3.8) is 0 Å². The van der Waals surface area contributed by atoms with Crippen molar-refractivity contribution < 1.29 is 13.5 Å². The van der Waals surface area contributed by atoms with Gasteiger partial charge in [0.25, 0.3) is 0 Å². The van der Waals surface area contributed by atoms with E-state index in [-0.39, 0.29) is 12.1 Å². The highest BCUT2D eigenvalue weighted by molar-refractivity contribution is 5.19. The molecule has 0 aliphatic carbocycles. The van der Waals surface area contributed by atoms with Crippen molar-refractivity contribution in [1.82, 2.24) is 5.32 Å². The number of likely N-dealkylation sites (N-methyl/N-ethyl adjacent to an activating group) is 1. The number of rotatable bonds is 6. The maximum atomic E-state index is 13.5. The number of benzene rings is 1. The predicted molar refractivity (Wildman–Crippen MR) is 64.0 cm³/mol. The first-order valence-electron chi connectivity index (χ1n) is 5.70. The molecule has 0 fully saturated rings. The molecule has 0 aliphatic rings. The Kier molecular flexibility index (Phi) is 5.51. The zero-order valence-electron chi connectivity index (χ0n) is 10.5. The van der Waals surface area contributed by atoms with E-state index in [1.54, 1.807) is 7.11 Å². The van der Waals surface area contributed by atoms with Gasteiger partial charge in [-0.2, -0.15) is 0 Å². The molecule has 0 radical (unpaired) electrons. The maximum absolute atomic E-state index is 13.5. The lowest BCUT2D eigenvalue weighted by Gasteiger charge is -2.20. The number of nitrogens with one attached hydrogen (secondary N) is 1. The zero-order valence-corrected chi connectivity index (χ0v) is 10.5. The van der Waals surface area contributed by atoms with Gasteiger partial charge in [0.1, 0.15) is 11.6 Å². The first-order chi connectivity index (χ1) is 8.06. The highest BCUT2D eigenvalue weighted by Gasteiger charge is 2.14. The highest BCUT2D eigenvalue weighted by Crippen LogP contribution is 2.14. The highest BCUT2D eigenvalue weighted by atomic mass is 19.1. The number of hydrogen-bond donors (Lipinski definition) is 1. The van der Waals surface area contributed by atoms with Gasteiger partial charge in [-0.3, -0.25) is 0 Å². The van der Waals surface area contributed by atoms with Gasteiger partial charge in [-0.15, -0.1) is 0 Å². The number of hydrogen-bond acceptors (Lipinski definition) is 2. The Balaban J connectivity index is 2.67. The van der Waals surface area contributed by atoms with Gasteiger partial charge >= 0.3 is 0 Å². The molecule has 0 amide bonds. The van der Waals surface area contributed by atoms with E-state index < -0.39 is 11.6 Å². The summed E-state index contributed by atoms with van der Waals surface area (Å²) in [4.78, 5) is 0. The van der Waals surface area contributed by atoms with Crippen LogP contribution in [-0.4, -0.2) is 26.3 Å². The fraction of sp³-hybridized carbons (Fsp3) is 0.538. The minimum absolute atomic E-state index is 0.107. The first kappa shape index (κ1) is 14.1. The number of halogens is 2. The van der Waals surface area contributed by atoms with Crippen molar-refractivity contribution in [1.29, 1.82) is 0 Å². The van der Waals surface area contributed by atoms with Crippen LogP contribution < -0.4 is 5.32 Å². The molecule has 0 aliphatic heterocycles. The second-order valence-electron chi connectivity index (χ2n) is 4.21. The first-order valence-corrected chi connectivity index (χ1v) is 5.70. The van der Waals surface area contributed by atoms with Crippen LogP contribution in [0.1, 0.15) is 18.9 Å². The molecule has 2 atom stereocenters. The Morgan fingerprint density at radius 3 is 2.59 bits per heavy atom. The van der Waals surface area contributed by atoms with Crippen LogP contribution in [0.15, 0.2) is 18.2 Å². The fourth-order valence-electron chi connectivity index (χ4n) is 1.75. The molecular weight excluding hydrogens is 224 g/mol. The van der Waals surface area contributed by atoms with Crippen LogP contribution in [0.2, 0.25) is 0 Å². The van der Waals surface area contributed by atoms with Crippen LogP contribution in [-0.2, 0) is 11.2 Å². The van der Waals surface area contributed by atoms with Crippen molar-refractivity contribution in [2.75, 3.05) is 14.2 Å². The Morgan fingerprint density at radius 2 is 2.06 bits per heavy atom. The normalized spacial score (nSPS) is 14.6. The van der Waals surface area contributed by atoms with Crippen LogP contribution in [0, 0.1) is 11.6 Å². The summed E-state index contributed by atoms with van der Waals surface area (Å²) in [7, 11) is 3.48.